The van der Waals surface area contributed by atoms with Crippen molar-refractivity contribution in [3.05, 3.63) is 44.6 Å². The predicted molar refractivity (Wildman–Crippen MR) is 118 cm³/mol. The van der Waals surface area contributed by atoms with Crippen molar-refractivity contribution in [1.82, 2.24) is 27.8 Å². The van der Waals surface area contributed by atoms with E-state index in [0.29, 0.717) is 36.9 Å². The third-order valence-electron chi connectivity index (χ3n) is 5.73. The van der Waals surface area contributed by atoms with Crippen molar-refractivity contribution in [1.29, 1.82) is 0 Å². The van der Waals surface area contributed by atoms with Crippen LogP contribution < -0.4 is 16.4 Å². The van der Waals surface area contributed by atoms with Crippen LogP contribution in [0.1, 0.15) is 18.4 Å². The molecule has 31 heavy (non-hydrogen) atoms. The van der Waals surface area contributed by atoms with Crippen LogP contribution in [-0.2, 0) is 18.3 Å². The largest absolute Gasteiger partial charge is 0.381 e. The van der Waals surface area contributed by atoms with Crippen LogP contribution in [0.15, 0.2) is 27.9 Å². The van der Waals surface area contributed by atoms with E-state index in [1.54, 1.807) is 13.2 Å². The van der Waals surface area contributed by atoms with Crippen LogP contribution in [0.25, 0.3) is 22.2 Å². The van der Waals surface area contributed by atoms with Gasteiger partial charge in [-0.05, 0) is 43.4 Å². The standard InChI is InChI=1S/C20H21N7O3S/c1-11-7-14-15(25-31-24-14)8-13(11)22-20-21-9-16-17(23-20)27(19(29)18(28)26(16)2)10-12-3-5-30-6-4-12/h7-9,12H,3-6,10H2,1-2H3,(H,21,22,23). The molecule has 1 saturated heterocycles. The summed E-state index contributed by atoms with van der Waals surface area (Å²) in [5, 5.41) is 3.22. The lowest BCUT2D eigenvalue weighted by Crippen LogP contribution is -2.42. The Morgan fingerprint density at radius 2 is 1.90 bits per heavy atom. The molecule has 0 unspecified atom stereocenters. The fraction of sp³-hybridized carbons (Fsp3) is 0.400. The van der Waals surface area contributed by atoms with Gasteiger partial charge in [0.15, 0.2) is 5.65 Å². The van der Waals surface area contributed by atoms with Gasteiger partial charge >= 0.3 is 11.1 Å². The highest BCUT2D eigenvalue weighted by Gasteiger charge is 2.20. The molecule has 1 aromatic carbocycles. The molecule has 5 rings (SSSR count). The summed E-state index contributed by atoms with van der Waals surface area (Å²) in [6, 6.07) is 3.85. The predicted octanol–water partition coefficient (Wildman–Crippen LogP) is 1.97. The van der Waals surface area contributed by atoms with Crippen LogP contribution in [0.3, 0.4) is 0 Å². The molecule has 0 aliphatic carbocycles. The van der Waals surface area contributed by atoms with Gasteiger partial charge in [0, 0.05) is 32.5 Å². The second-order valence-corrected chi connectivity index (χ2v) is 8.31. The fourth-order valence-corrected chi connectivity index (χ4v) is 4.38. The topological polar surface area (TPSA) is 117 Å². The second kappa shape index (κ2) is 7.82. The number of anilines is 2. The Balaban J connectivity index is 1.59. The maximum atomic E-state index is 12.8. The zero-order valence-corrected chi connectivity index (χ0v) is 18.0. The van der Waals surface area contributed by atoms with E-state index in [2.05, 4.69) is 24.0 Å². The fourth-order valence-electron chi connectivity index (χ4n) is 3.87. The van der Waals surface area contributed by atoms with E-state index < -0.39 is 11.1 Å². The normalized spacial score (nSPS) is 15.0. The molecule has 0 radical (unpaired) electrons. The molecule has 0 saturated carbocycles. The molecule has 0 bridgehead atoms. The summed E-state index contributed by atoms with van der Waals surface area (Å²) in [6.45, 7) is 3.72. The number of aryl methyl sites for hydroxylation is 2. The molecule has 0 atom stereocenters. The van der Waals surface area contributed by atoms with Gasteiger partial charge in [0.2, 0.25) is 5.95 Å². The van der Waals surface area contributed by atoms with Gasteiger partial charge < -0.3 is 14.6 Å². The third kappa shape index (κ3) is 3.59. The Morgan fingerprint density at radius 3 is 2.68 bits per heavy atom. The summed E-state index contributed by atoms with van der Waals surface area (Å²) in [5.41, 5.74) is 3.21. The molecule has 1 aliphatic rings. The summed E-state index contributed by atoms with van der Waals surface area (Å²) >= 11 is 1.16. The van der Waals surface area contributed by atoms with Crippen molar-refractivity contribution < 1.29 is 4.74 Å². The Kier molecular flexibility index (Phi) is 4.98. The molecule has 0 amide bonds. The average molecular weight is 440 g/mol. The van der Waals surface area contributed by atoms with Crippen LogP contribution in [0.4, 0.5) is 11.6 Å². The number of nitrogens with zero attached hydrogens (tertiary/aromatic N) is 6. The van der Waals surface area contributed by atoms with Crippen molar-refractivity contribution >= 4 is 45.6 Å². The molecule has 10 nitrogen and oxygen atoms in total. The lowest BCUT2D eigenvalue weighted by atomic mass is 10.0. The Morgan fingerprint density at radius 1 is 1.16 bits per heavy atom. The molecular formula is C20H21N7O3S. The molecular weight excluding hydrogens is 418 g/mol. The monoisotopic (exact) mass is 439 g/mol. The van der Waals surface area contributed by atoms with Crippen LogP contribution in [0, 0.1) is 12.8 Å². The Hall–Kier alpha value is -3.18. The van der Waals surface area contributed by atoms with Gasteiger partial charge in [0.25, 0.3) is 0 Å². The van der Waals surface area contributed by atoms with Gasteiger partial charge in [0.05, 0.1) is 17.9 Å². The zero-order valence-electron chi connectivity index (χ0n) is 17.2. The first-order valence-electron chi connectivity index (χ1n) is 10.1. The van der Waals surface area contributed by atoms with Crippen molar-refractivity contribution in [2.75, 3.05) is 18.5 Å². The molecule has 1 N–H and O–H groups in total. The van der Waals surface area contributed by atoms with E-state index in [9.17, 15) is 9.59 Å². The molecule has 4 aromatic rings. The minimum Gasteiger partial charge on any atom is -0.381 e. The number of benzene rings is 1. The quantitative estimate of drug-likeness (QED) is 0.480. The number of hydrogen-bond acceptors (Lipinski definition) is 9. The van der Waals surface area contributed by atoms with E-state index in [4.69, 9.17) is 4.74 Å². The van der Waals surface area contributed by atoms with Gasteiger partial charge in [0.1, 0.15) is 16.6 Å². The summed E-state index contributed by atoms with van der Waals surface area (Å²) in [6.07, 6.45) is 3.27. The van der Waals surface area contributed by atoms with Crippen LogP contribution in [0.5, 0.6) is 0 Å². The Bertz CT molecular complexity index is 1400. The number of fused-ring (bicyclic) bond motifs is 2. The highest BCUT2D eigenvalue weighted by atomic mass is 32.1. The highest BCUT2D eigenvalue weighted by molar-refractivity contribution is 7.00. The van der Waals surface area contributed by atoms with Gasteiger partial charge in [-0.1, -0.05) is 0 Å². The minimum atomic E-state index is -0.582. The van der Waals surface area contributed by atoms with Crippen LogP contribution >= 0.6 is 11.7 Å². The van der Waals surface area contributed by atoms with Gasteiger partial charge in [-0.25, -0.2) is 4.98 Å². The van der Waals surface area contributed by atoms with Gasteiger partial charge in [-0.3, -0.25) is 14.2 Å². The molecule has 11 heteroatoms. The van der Waals surface area contributed by atoms with E-state index >= 15 is 0 Å². The first kappa shape index (κ1) is 19.8. The van der Waals surface area contributed by atoms with Gasteiger partial charge in [-0.2, -0.15) is 13.7 Å². The van der Waals surface area contributed by atoms with E-state index in [0.717, 1.165) is 46.9 Å². The molecule has 4 heterocycles. The SMILES string of the molecule is Cc1cc2nsnc2cc1Nc1ncc2c(n1)n(CC1CCOCC1)c(=O)c(=O)n2C. The number of nitrogens with one attached hydrogen (secondary N) is 1. The zero-order chi connectivity index (χ0) is 21.5. The number of hydrogen-bond donors (Lipinski definition) is 1. The number of ether oxygens (including phenoxy) is 1. The summed E-state index contributed by atoms with van der Waals surface area (Å²) < 4.78 is 16.8. The number of rotatable bonds is 4. The molecule has 160 valence electrons. The van der Waals surface area contributed by atoms with Crippen LogP contribution in [0.2, 0.25) is 0 Å². The molecule has 3 aromatic heterocycles. The van der Waals surface area contributed by atoms with Crippen molar-refractivity contribution in [2.24, 2.45) is 13.0 Å². The molecule has 1 fully saturated rings. The maximum absolute atomic E-state index is 12.8. The lowest BCUT2D eigenvalue weighted by molar-refractivity contribution is 0.0612. The third-order valence-corrected chi connectivity index (χ3v) is 6.28. The lowest BCUT2D eigenvalue weighted by Gasteiger charge is -2.23. The first-order valence-corrected chi connectivity index (χ1v) is 10.8. The second-order valence-electron chi connectivity index (χ2n) is 7.78. The Labute approximate surface area is 180 Å². The van der Waals surface area contributed by atoms with Gasteiger partial charge in [-0.15, -0.1) is 0 Å². The van der Waals surface area contributed by atoms with Crippen molar-refractivity contribution in [3.63, 3.8) is 0 Å². The van der Waals surface area contributed by atoms with E-state index in [1.807, 2.05) is 19.1 Å². The molecule has 0 spiro atoms. The first-order chi connectivity index (χ1) is 15.0. The van der Waals surface area contributed by atoms with E-state index in [1.165, 1.54) is 9.13 Å². The van der Waals surface area contributed by atoms with E-state index in [-0.39, 0.29) is 5.92 Å². The smallest absolute Gasteiger partial charge is 0.318 e. The maximum Gasteiger partial charge on any atom is 0.318 e. The summed E-state index contributed by atoms with van der Waals surface area (Å²) in [7, 11) is 1.56. The highest BCUT2D eigenvalue weighted by Crippen LogP contribution is 2.25. The minimum absolute atomic E-state index is 0.259. The number of aromatic nitrogens is 6. The van der Waals surface area contributed by atoms with Crippen LogP contribution in [-0.4, -0.2) is 41.1 Å². The summed E-state index contributed by atoms with van der Waals surface area (Å²) in [5.74, 6) is 0.604. The average Bonchev–Trinajstić information content (AvgIpc) is 3.23. The van der Waals surface area contributed by atoms with Crippen molar-refractivity contribution in [2.45, 2.75) is 26.3 Å². The summed E-state index contributed by atoms with van der Waals surface area (Å²) in [4.78, 5) is 34.3. The van der Waals surface area contributed by atoms with Crippen molar-refractivity contribution in [3.8, 4) is 0 Å². The molecule has 1 aliphatic heterocycles.